The van der Waals surface area contributed by atoms with Crippen LogP contribution in [-0.2, 0) is 9.53 Å². The second-order valence-electron chi connectivity index (χ2n) is 3.89. The summed E-state index contributed by atoms with van der Waals surface area (Å²) in [4.78, 5) is 13.7. The number of amides is 1. The number of rotatable bonds is 4. The average Bonchev–Trinajstić information content (AvgIpc) is 2.65. The maximum absolute atomic E-state index is 11.8. The molecule has 0 aromatic heterocycles. The zero-order valence-corrected chi connectivity index (χ0v) is 9.25. The van der Waals surface area contributed by atoms with Crippen LogP contribution < -0.4 is 5.32 Å². The molecule has 4 heteroatoms. The van der Waals surface area contributed by atoms with E-state index in [-0.39, 0.29) is 17.9 Å². The molecule has 0 bridgehead atoms. The van der Waals surface area contributed by atoms with Crippen LogP contribution >= 0.6 is 0 Å². The molecule has 1 N–H and O–H groups in total. The van der Waals surface area contributed by atoms with Gasteiger partial charge in [0.25, 0.3) is 0 Å². The van der Waals surface area contributed by atoms with Crippen molar-refractivity contribution in [2.75, 3.05) is 33.8 Å². The van der Waals surface area contributed by atoms with E-state index in [0.717, 1.165) is 26.1 Å². The molecule has 1 amide bonds. The summed E-state index contributed by atoms with van der Waals surface area (Å²) in [5.74, 6) is 0.300. The number of nitrogens with one attached hydrogen (secondary N) is 1. The Labute approximate surface area is 85.6 Å². The predicted octanol–water partition coefficient (Wildman–Crippen LogP) is 0.0892. The quantitative estimate of drug-likeness (QED) is 0.699. The Morgan fingerprint density at radius 2 is 2.43 bits per heavy atom. The highest BCUT2D eigenvalue weighted by Crippen LogP contribution is 2.14. The number of methoxy groups -OCH3 is 1. The van der Waals surface area contributed by atoms with Crippen LogP contribution in [0.4, 0.5) is 0 Å². The van der Waals surface area contributed by atoms with Gasteiger partial charge in [0, 0.05) is 32.7 Å². The highest BCUT2D eigenvalue weighted by Gasteiger charge is 2.28. The maximum Gasteiger partial charge on any atom is 0.226 e. The molecule has 0 spiro atoms. The molecule has 0 saturated carbocycles. The van der Waals surface area contributed by atoms with E-state index in [1.165, 1.54) is 0 Å². The molecule has 1 heterocycles. The van der Waals surface area contributed by atoms with Gasteiger partial charge in [-0.2, -0.15) is 0 Å². The summed E-state index contributed by atoms with van der Waals surface area (Å²) < 4.78 is 5.22. The lowest BCUT2D eigenvalue weighted by Gasteiger charge is -2.20. The Morgan fingerprint density at radius 3 is 2.93 bits per heavy atom. The average molecular weight is 200 g/mol. The molecular weight excluding hydrogens is 180 g/mol. The summed E-state index contributed by atoms with van der Waals surface area (Å²) >= 11 is 0. The largest absolute Gasteiger partial charge is 0.380 e. The SMILES string of the molecule is CNCC(C)C(=O)N1CCC(OC)C1. The zero-order chi connectivity index (χ0) is 10.6. The van der Waals surface area contributed by atoms with E-state index in [1.54, 1.807) is 7.11 Å². The number of hydrogen-bond acceptors (Lipinski definition) is 3. The van der Waals surface area contributed by atoms with Crippen LogP contribution in [0.5, 0.6) is 0 Å². The van der Waals surface area contributed by atoms with Crippen molar-refractivity contribution in [3.63, 3.8) is 0 Å². The van der Waals surface area contributed by atoms with Crippen molar-refractivity contribution < 1.29 is 9.53 Å². The fourth-order valence-electron chi connectivity index (χ4n) is 1.83. The van der Waals surface area contributed by atoms with Gasteiger partial charge in [-0.3, -0.25) is 4.79 Å². The predicted molar refractivity (Wildman–Crippen MR) is 55.1 cm³/mol. The second kappa shape index (κ2) is 5.32. The van der Waals surface area contributed by atoms with E-state index in [2.05, 4.69) is 5.32 Å². The van der Waals surface area contributed by atoms with Crippen LogP contribution in [0.25, 0.3) is 0 Å². The van der Waals surface area contributed by atoms with Crippen molar-refractivity contribution >= 4 is 5.91 Å². The molecule has 1 saturated heterocycles. The van der Waals surface area contributed by atoms with Crippen LogP contribution in [0.3, 0.4) is 0 Å². The summed E-state index contributed by atoms with van der Waals surface area (Å²) in [6, 6.07) is 0. The van der Waals surface area contributed by atoms with Crippen molar-refractivity contribution in [3.8, 4) is 0 Å². The van der Waals surface area contributed by atoms with Crippen LogP contribution in [0.15, 0.2) is 0 Å². The summed E-state index contributed by atoms with van der Waals surface area (Å²) in [5, 5.41) is 3.02. The second-order valence-corrected chi connectivity index (χ2v) is 3.89. The van der Waals surface area contributed by atoms with E-state index in [4.69, 9.17) is 4.74 Å². The molecule has 1 aliphatic rings. The molecular formula is C10H20N2O2. The first kappa shape index (κ1) is 11.5. The molecule has 4 nitrogen and oxygen atoms in total. The third-order valence-corrected chi connectivity index (χ3v) is 2.72. The number of hydrogen-bond donors (Lipinski definition) is 1. The van der Waals surface area contributed by atoms with E-state index in [9.17, 15) is 4.79 Å². The number of carbonyl (C=O) groups excluding carboxylic acids is 1. The number of ether oxygens (including phenoxy) is 1. The van der Waals surface area contributed by atoms with E-state index in [1.807, 2.05) is 18.9 Å². The summed E-state index contributed by atoms with van der Waals surface area (Å²) in [6.45, 7) is 4.29. The highest BCUT2D eigenvalue weighted by atomic mass is 16.5. The molecule has 0 radical (unpaired) electrons. The number of carbonyl (C=O) groups is 1. The first-order valence-corrected chi connectivity index (χ1v) is 5.15. The fraction of sp³-hybridized carbons (Fsp3) is 0.900. The Balaban J connectivity index is 2.38. The standard InChI is InChI=1S/C10H20N2O2/c1-8(6-11-2)10(13)12-5-4-9(7-12)14-3/h8-9,11H,4-7H2,1-3H3. The third-order valence-electron chi connectivity index (χ3n) is 2.72. The van der Waals surface area contributed by atoms with E-state index >= 15 is 0 Å². The lowest BCUT2D eigenvalue weighted by molar-refractivity contribution is -0.134. The minimum absolute atomic E-state index is 0.0654. The molecule has 82 valence electrons. The Morgan fingerprint density at radius 1 is 1.71 bits per heavy atom. The number of likely N-dealkylation sites (tertiary alicyclic amines) is 1. The van der Waals surface area contributed by atoms with Crippen molar-refractivity contribution in [2.45, 2.75) is 19.4 Å². The van der Waals surface area contributed by atoms with Gasteiger partial charge in [0.1, 0.15) is 0 Å². The van der Waals surface area contributed by atoms with Gasteiger partial charge >= 0.3 is 0 Å². The first-order chi connectivity index (χ1) is 6.69. The normalized spacial score (nSPS) is 23.9. The minimum Gasteiger partial charge on any atom is -0.380 e. The molecule has 2 atom stereocenters. The van der Waals surface area contributed by atoms with Gasteiger partial charge < -0.3 is 15.0 Å². The minimum atomic E-state index is 0.0654. The summed E-state index contributed by atoms with van der Waals surface area (Å²) in [5.41, 5.74) is 0. The zero-order valence-electron chi connectivity index (χ0n) is 9.25. The van der Waals surface area contributed by atoms with E-state index < -0.39 is 0 Å². The topological polar surface area (TPSA) is 41.6 Å². The fourth-order valence-corrected chi connectivity index (χ4v) is 1.83. The smallest absolute Gasteiger partial charge is 0.226 e. The first-order valence-electron chi connectivity index (χ1n) is 5.15. The molecule has 1 aliphatic heterocycles. The molecule has 14 heavy (non-hydrogen) atoms. The van der Waals surface area contributed by atoms with Crippen molar-refractivity contribution in [3.05, 3.63) is 0 Å². The number of nitrogens with zero attached hydrogens (tertiary/aromatic N) is 1. The van der Waals surface area contributed by atoms with Crippen molar-refractivity contribution in [2.24, 2.45) is 5.92 Å². The lowest BCUT2D eigenvalue weighted by atomic mass is 10.1. The molecule has 2 unspecified atom stereocenters. The van der Waals surface area contributed by atoms with E-state index in [0.29, 0.717) is 0 Å². The van der Waals surface area contributed by atoms with Gasteiger partial charge in [-0.05, 0) is 13.5 Å². The van der Waals surface area contributed by atoms with Crippen molar-refractivity contribution in [1.29, 1.82) is 0 Å². The molecule has 0 aromatic rings. The lowest BCUT2D eigenvalue weighted by Crippen LogP contribution is -2.37. The molecule has 0 aliphatic carbocycles. The third kappa shape index (κ3) is 2.69. The Kier molecular flexibility index (Phi) is 4.35. The van der Waals surface area contributed by atoms with Crippen LogP contribution in [0.2, 0.25) is 0 Å². The van der Waals surface area contributed by atoms with Crippen LogP contribution in [-0.4, -0.2) is 50.7 Å². The van der Waals surface area contributed by atoms with Gasteiger partial charge in [0.05, 0.1) is 6.10 Å². The van der Waals surface area contributed by atoms with Crippen LogP contribution in [0, 0.1) is 5.92 Å². The Bertz CT molecular complexity index is 197. The maximum atomic E-state index is 11.8. The van der Waals surface area contributed by atoms with Gasteiger partial charge in [-0.1, -0.05) is 6.92 Å². The molecule has 0 aromatic carbocycles. The van der Waals surface area contributed by atoms with Gasteiger partial charge in [0.2, 0.25) is 5.91 Å². The summed E-state index contributed by atoms with van der Waals surface area (Å²) in [7, 11) is 3.57. The summed E-state index contributed by atoms with van der Waals surface area (Å²) in [6.07, 6.45) is 1.20. The van der Waals surface area contributed by atoms with Gasteiger partial charge in [0.15, 0.2) is 0 Å². The monoisotopic (exact) mass is 200 g/mol. The molecule has 1 fully saturated rings. The van der Waals surface area contributed by atoms with Crippen LogP contribution in [0.1, 0.15) is 13.3 Å². The Hall–Kier alpha value is -0.610. The van der Waals surface area contributed by atoms with Crippen molar-refractivity contribution in [1.82, 2.24) is 10.2 Å². The highest BCUT2D eigenvalue weighted by molar-refractivity contribution is 5.79. The van der Waals surface area contributed by atoms with Gasteiger partial charge in [-0.25, -0.2) is 0 Å². The van der Waals surface area contributed by atoms with Gasteiger partial charge in [-0.15, -0.1) is 0 Å². The molecule has 1 rings (SSSR count).